The van der Waals surface area contributed by atoms with E-state index in [0.29, 0.717) is 24.3 Å². The summed E-state index contributed by atoms with van der Waals surface area (Å²) in [4.78, 5) is 24.7. The summed E-state index contributed by atoms with van der Waals surface area (Å²) in [7, 11) is -3.95. The molecule has 1 aromatic carbocycles. The van der Waals surface area contributed by atoms with Crippen LogP contribution in [0.25, 0.3) is 0 Å². The van der Waals surface area contributed by atoms with Crippen LogP contribution < -0.4 is 5.32 Å². The van der Waals surface area contributed by atoms with E-state index in [1.165, 1.54) is 18.2 Å². The molecule has 0 radical (unpaired) electrons. The van der Waals surface area contributed by atoms with E-state index in [0.717, 1.165) is 10.1 Å². The van der Waals surface area contributed by atoms with Gasteiger partial charge in [0.1, 0.15) is 10.7 Å². The summed E-state index contributed by atoms with van der Waals surface area (Å²) >= 11 is 5.12. The minimum atomic E-state index is -3.95. The van der Waals surface area contributed by atoms with Crippen LogP contribution in [-0.4, -0.2) is 51.9 Å². The number of nitrogens with zero attached hydrogens (tertiary/aromatic N) is 3. The smallest absolute Gasteiger partial charge is 0.269 e. The molecule has 0 saturated carbocycles. The highest BCUT2D eigenvalue weighted by molar-refractivity contribution is 7.90. The molecule has 2 aromatic rings. The van der Waals surface area contributed by atoms with Gasteiger partial charge in [-0.1, -0.05) is 0 Å². The number of H-pyrrole nitrogens is 1. The molecule has 1 aliphatic heterocycles. The van der Waals surface area contributed by atoms with Gasteiger partial charge in [0.2, 0.25) is 0 Å². The number of hydrogen-bond donors (Lipinski definition) is 2. The zero-order valence-electron chi connectivity index (χ0n) is 15.7. The minimum absolute atomic E-state index is 0.0868. The van der Waals surface area contributed by atoms with Crippen molar-refractivity contribution in [2.45, 2.75) is 44.7 Å². The Morgan fingerprint density at radius 2 is 2.07 bits per heavy atom. The number of aromatic amines is 1. The molecule has 2 amide bonds. The first-order chi connectivity index (χ1) is 13.2. The van der Waals surface area contributed by atoms with Gasteiger partial charge in [-0.05, 0) is 51.2 Å². The van der Waals surface area contributed by atoms with Crippen molar-refractivity contribution in [3.05, 3.63) is 39.9 Å². The number of nitrogens with one attached hydrogen (secondary N) is 2. The Hall–Kier alpha value is -2.53. The lowest BCUT2D eigenvalue weighted by Crippen LogP contribution is -2.36. The zero-order chi connectivity index (χ0) is 20.6. The Labute approximate surface area is 167 Å². The molecule has 3 rings (SSSR count). The van der Waals surface area contributed by atoms with Gasteiger partial charge in [0, 0.05) is 31.1 Å². The van der Waals surface area contributed by atoms with Crippen molar-refractivity contribution in [2.24, 2.45) is 0 Å². The van der Waals surface area contributed by atoms with Crippen LogP contribution in [0.1, 0.15) is 47.3 Å². The van der Waals surface area contributed by atoms with Crippen molar-refractivity contribution in [3.8, 4) is 0 Å². The van der Waals surface area contributed by atoms with Crippen molar-refractivity contribution in [1.29, 1.82) is 0 Å². The fourth-order valence-corrected chi connectivity index (χ4v) is 5.23. The highest BCUT2D eigenvalue weighted by Gasteiger charge is 2.42. The maximum Gasteiger partial charge on any atom is 0.269 e. The second kappa shape index (κ2) is 7.47. The van der Waals surface area contributed by atoms with Crippen LogP contribution in [0.2, 0.25) is 0 Å². The molecule has 0 bridgehead atoms. The molecule has 11 heteroatoms. The number of carbonyl (C=O) groups is 2. The first kappa shape index (κ1) is 20.2. The molecule has 0 aliphatic carbocycles. The Morgan fingerprint density at radius 1 is 1.36 bits per heavy atom. The fourth-order valence-electron chi connectivity index (χ4n) is 3.16. The van der Waals surface area contributed by atoms with Crippen LogP contribution in [0.4, 0.5) is 0 Å². The number of carbonyl (C=O) groups excluding carboxylic acids is 2. The van der Waals surface area contributed by atoms with E-state index in [1.54, 1.807) is 13.8 Å². The van der Waals surface area contributed by atoms with E-state index in [4.69, 9.17) is 12.2 Å². The number of hydrogen-bond acceptors (Lipinski definition) is 6. The van der Waals surface area contributed by atoms with Crippen LogP contribution in [0.15, 0.2) is 23.1 Å². The number of fused-ring (bicyclic) bond motifs is 1. The molecule has 2 heterocycles. The van der Waals surface area contributed by atoms with Crippen molar-refractivity contribution >= 4 is 34.1 Å². The monoisotopic (exact) mass is 423 g/mol. The minimum Gasteiger partial charge on any atom is -0.352 e. The average molecular weight is 424 g/mol. The lowest BCUT2D eigenvalue weighted by molar-refractivity contribution is 0.0845. The van der Waals surface area contributed by atoms with Gasteiger partial charge in [-0.2, -0.15) is 5.10 Å². The van der Waals surface area contributed by atoms with Crippen molar-refractivity contribution in [2.75, 3.05) is 6.54 Å². The van der Waals surface area contributed by atoms with Crippen molar-refractivity contribution in [1.82, 2.24) is 24.4 Å². The summed E-state index contributed by atoms with van der Waals surface area (Å²) in [6, 6.07) is 3.58. The summed E-state index contributed by atoms with van der Waals surface area (Å²) in [5.74, 6) is -0.271. The normalized spacial score (nSPS) is 15.1. The van der Waals surface area contributed by atoms with E-state index in [-0.39, 0.29) is 16.0 Å². The predicted octanol–water partition coefficient (Wildman–Crippen LogP) is 1.49. The van der Waals surface area contributed by atoms with E-state index in [9.17, 15) is 18.0 Å². The Kier molecular flexibility index (Phi) is 5.39. The number of aromatic nitrogens is 3. The quantitative estimate of drug-likeness (QED) is 0.680. The first-order valence-corrected chi connectivity index (χ1v) is 10.7. The topological polar surface area (TPSA) is 117 Å². The Bertz CT molecular complexity index is 1100. The molecule has 0 unspecified atom stereocenters. The van der Waals surface area contributed by atoms with E-state index >= 15 is 0 Å². The maximum absolute atomic E-state index is 12.6. The van der Waals surface area contributed by atoms with Gasteiger partial charge in [-0.15, -0.1) is 0 Å². The van der Waals surface area contributed by atoms with Gasteiger partial charge in [0.25, 0.3) is 21.8 Å². The van der Waals surface area contributed by atoms with Crippen LogP contribution >= 0.6 is 12.2 Å². The molecule has 9 nitrogen and oxygen atoms in total. The number of sulfonamides is 1. The molecule has 1 aromatic heterocycles. The Morgan fingerprint density at radius 3 is 2.71 bits per heavy atom. The molecular weight excluding hydrogens is 402 g/mol. The fraction of sp³-hybridized carbons (Fsp3) is 0.412. The number of amides is 2. The molecule has 28 heavy (non-hydrogen) atoms. The summed E-state index contributed by atoms with van der Waals surface area (Å²) < 4.78 is 28.5. The molecule has 0 atom stereocenters. The van der Waals surface area contributed by atoms with Gasteiger partial charge in [0.05, 0.1) is 5.56 Å². The van der Waals surface area contributed by atoms with Gasteiger partial charge in [-0.25, -0.2) is 12.7 Å². The van der Waals surface area contributed by atoms with Gasteiger partial charge >= 0.3 is 0 Å². The standard InChI is InChI=1S/C17H21N5O4S2/c1-4-21-14(19-20-17(21)27)7-8-18-15(23)11-5-6-12-13(9-11)28(25,26)22(10(2)3)16(12)24/h5-6,9-10H,4,7-8H2,1-3H3,(H,18,23)(H,20,27). The predicted molar refractivity (Wildman–Crippen MR) is 104 cm³/mol. The van der Waals surface area contributed by atoms with Crippen LogP contribution in [-0.2, 0) is 23.0 Å². The molecule has 0 spiro atoms. The average Bonchev–Trinajstić information content (AvgIpc) is 3.09. The van der Waals surface area contributed by atoms with Crippen molar-refractivity contribution in [3.63, 3.8) is 0 Å². The molecule has 0 fully saturated rings. The third kappa shape index (κ3) is 3.35. The van der Waals surface area contributed by atoms with Gasteiger partial charge in [-0.3, -0.25) is 14.7 Å². The molecular formula is C17H21N5O4S2. The van der Waals surface area contributed by atoms with E-state index in [2.05, 4.69) is 15.5 Å². The summed E-state index contributed by atoms with van der Waals surface area (Å²) in [5, 5.41) is 9.58. The summed E-state index contributed by atoms with van der Waals surface area (Å²) in [5.41, 5.74) is 0.263. The molecule has 150 valence electrons. The third-order valence-corrected chi connectivity index (χ3v) is 6.78. The van der Waals surface area contributed by atoms with Crippen LogP contribution in [0.3, 0.4) is 0 Å². The summed E-state index contributed by atoms with van der Waals surface area (Å²) in [6.07, 6.45) is 0.468. The second-order valence-corrected chi connectivity index (χ2v) is 8.78. The molecule has 1 aliphatic rings. The second-order valence-electron chi connectivity index (χ2n) is 6.61. The first-order valence-electron chi connectivity index (χ1n) is 8.83. The third-order valence-electron chi connectivity index (χ3n) is 4.47. The van der Waals surface area contributed by atoms with Crippen LogP contribution in [0, 0.1) is 4.77 Å². The highest BCUT2D eigenvalue weighted by atomic mass is 32.2. The SMILES string of the molecule is CCn1c(CCNC(=O)c2ccc3c(c2)S(=O)(=O)N(C(C)C)C3=O)n[nH]c1=S. The van der Waals surface area contributed by atoms with E-state index in [1.807, 2.05) is 11.5 Å². The molecule has 2 N–H and O–H groups in total. The number of rotatable bonds is 6. The maximum atomic E-state index is 12.6. The summed E-state index contributed by atoms with van der Waals surface area (Å²) in [6.45, 7) is 6.17. The van der Waals surface area contributed by atoms with E-state index < -0.39 is 27.9 Å². The number of benzene rings is 1. The Balaban J connectivity index is 1.76. The highest BCUT2D eigenvalue weighted by Crippen LogP contribution is 2.32. The lowest BCUT2D eigenvalue weighted by atomic mass is 10.1. The van der Waals surface area contributed by atoms with Gasteiger partial charge in [0.15, 0.2) is 4.77 Å². The molecule has 0 saturated heterocycles. The van der Waals surface area contributed by atoms with Crippen LogP contribution in [0.5, 0.6) is 0 Å². The largest absolute Gasteiger partial charge is 0.352 e. The van der Waals surface area contributed by atoms with Gasteiger partial charge < -0.3 is 9.88 Å². The zero-order valence-corrected chi connectivity index (χ0v) is 17.4. The van der Waals surface area contributed by atoms with Crippen molar-refractivity contribution < 1.29 is 18.0 Å². The lowest BCUT2D eigenvalue weighted by Gasteiger charge is -2.18.